The molecule has 7 nitrogen and oxygen atoms in total. The minimum absolute atomic E-state index is 0.0830. The van der Waals surface area contributed by atoms with E-state index < -0.39 is 24.2 Å². The molecule has 4 rings (SSSR count). The van der Waals surface area contributed by atoms with Crippen LogP contribution in [-0.2, 0) is 0 Å². The second kappa shape index (κ2) is 8.86. The van der Waals surface area contributed by atoms with E-state index in [4.69, 9.17) is 21.1 Å². The first-order valence-corrected chi connectivity index (χ1v) is 10.3. The monoisotopic (exact) mass is 480 g/mol. The van der Waals surface area contributed by atoms with E-state index in [1.807, 2.05) is 0 Å². The summed E-state index contributed by atoms with van der Waals surface area (Å²) in [7, 11) is 2.93. The average molecular weight is 481 g/mol. The van der Waals surface area contributed by atoms with Crippen molar-refractivity contribution in [3.8, 4) is 11.5 Å². The lowest BCUT2D eigenvalue weighted by Crippen LogP contribution is -2.35. The zero-order chi connectivity index (χ0) is 23.8. The summed E-state index contributed by atoms with van der Waals surface area (Å²) >= 11 is 5.92. The molecule has 0 bridgehead atoms. The fraction of sp³-hybridized carbons (Fsp3) is 0.273. The highest BCUT2D eigenvalue weighted by atomic mass is 35.5. The number of fused-ring (bicyclic) bond motifs is 1. The first kappa shape index (κ1) is 22.8. The van der Waals surface area contributed by atoms with Crippen LogP contribution in [0.1, 0.15) is 34.6 Å². The van der Waals surface area contributed by atoms with Crippen LogP contribution in [0.2, 0.25) is 5.02 Å². The third-order valence-electron chi connectivity index (χ3n) is 5.31. The minimum atomic E-state index is -4.57. The van der Waals surface area contributed by atoms with Gasteiger partial charge in [-0.2, -0.15) is 18.3 Å². The Morgan fingerprint density at radius 3 is 2.58 bits per heavy atom. The van der Waals surface area contributed by atoms with E-state index in [1.54, 1.807) is 36.4 Å². The number of amides is 1. The molecule has 2 aromatic carbocycles. The third-order valence-corrected chi connectivity index (χ3v) is 5.55. The smallest absolute Gasteiger partial charge is 0.410 e. The molecule has 1 aliphatic heterocycles. The molecule has 0 radical (unpaired) electrons. The number of carbonyl (C=O) groups is 1. The molecule has 0 saturated heterocycles. The van der Waals surface area contributed by atoms with Gasteiger partial charge in [-0.25, -0.2) is 4.68 Å². The Morgan fingerprint density at radius 2 is 1.91 bits per heavy atom. The highest BCUT2D eigenvalue weighted by Gasteiger charge is 2.47. The summed E-state index contributed by atoms with van der Waals surface area (Å²) in [6.07, 6.45) is -4.89. The Balaban J connectivity index is 1.65. The fourth-order valence-corrected chi connectivity index (χ4v) is 3.92. The van der Waals surface area contributed by atoms with Crippen LogP contribution < -0.4 is 20.1 Å². The Kier molecular flexibility index (Phi) is 6.11. The standard InChI is InChI=1S/C22H20ClF3N4O3/c1-32-17-7-6-12(8-18(17)33-2)15-10-19(22(24,25)26)30-20(28-15)11-16(29-30)21(31)27-14-5-3-4-13(23)9-14/h3-9,11,15,19,28H,10H2,1-2H3,(H,27,31)/t15-,19-/m0/s1. The third kappa shape index (κ3) is 4.70. The molecular formula is C22H20ClF3N4O3. The molecular weight excluding hydrogens is 461 g/mol. The molecule has 1 amide bonds. The number of benzene rings is 2. The van der Waals surface area contributed by atoms with Crippen molar-refractivity contribution in [2.45, 2.75) is 24.7 Å². The second-order valence-corrected chi connectivity index (χ2v) is 7.86. The van der Waals surface area contributed by atoms with Gasteiger partial charge in [0.05, 0.1) is 20.3 Å². The lowest BCUT2D eigenvalue weighted by atomic mass is 9.96. The Labute approximate surface area is 192 Å². The number of ether oxygens (including phenoxy) is 2. The van der Waals surface area contributed by atoms with E-state index >= 15 is 0 Å². The Bertz CT molecular complexity index is 1180. The first-order valence-electron chi connectivity index (χ1n) is 9.91. The van der Waals surface area contributed by atoms with Crippen LogP contribution in [0, 0.1) is 0 Å². The van der Waals surface area contributed by atoms with Crippen LogP contribution in [0.4, 0.5) is 24.7 Å². The number of hydrogen-bond donors (Lipinski definition) is 2. The number of anilines is 2. The number of hydrogen-bond acceptors (Lipinski definition) is 5. The topological polar surface area (TPSA) is 77.4 Å². The number of rotatable bonds is 5. The lowest BCUT2D eigenvalue weighted by Gasteiger charge is -2.33. The summed E-state index contributed by atoms with van der Waals surface area (Å²) in [5, 5.41) is 10.0. The molecule has 174 valence electrons. The summed E-state index contributed by atoms with van der Waals surface area (Å²) in [5.41, 5.74) is 0.834. The van der Waals surface area contributed by atoms with E-state index in [2.05, 4.69) is 15.7 Å². The zero-order valence-corrected chi connectivity index (χ0v) is 18.4. The summed E-state index contributed by atoms with van der Waals surface area (Å²) in [4.78, 5) is 12.6. The largest absolute Gasteiger partial charge is 0.493 e. The van der Waals surface area contributed by atoms with Gasteiger partial charge in [0.15, 0.2) is 23.2 Å². The molecule has 2 atom stereocenters. The minimum Gasteiger partial charge on any atom is -0.493 e. The SMILES string of the molecule is COc1ccc([C@@H]2C[C@@H](C(F)(F)F)n3nc(C(=O)Nc4cccc(Cl)c4)cc3N2)cc1OC. The molecule has 3 aromatic rings. The second-order valence-electron chi connectivity index (χ2n) is 7.43. The van der Waals surface area contributed by atoms with E-state index in [-0.39, 0.29) is 17.9 Å². The molecule has 11 heteroatoms. The summed E-state index contributed by atoms with van der Waals surface area (Å²) in [5.74, 6) is 0.305. The first-order chi connectivity index (χ1) is 15.7. The van der Waals surface area contributed by atoms with Crippen molar-refractivity contribution in [1.82, 2.24) is 9.78 Å². The van der Waals surface area contributed by atoms with Gasteiger partial charge in [-0.3, -0.25) is 4.79 Å². The average Bonchev–Trinajstić information content (AvgIpc) is 3.21. The van der Waals surface area contributed by atoms with Crippen LogP contribution in [0.3, 0.4) is 0 Å². The van der Waals surface area contributed by atoms with E-state index in [9.17, 15) is 18.0 Å². The number of carbonyl (C=O) groups excluding carboxylic acids is 1. The Morgan fingerprint density at radius 1 is 1.15 bits per heavy atom. The molecule has 33 heavy (non-hydrogen) atoms. The maximum Gasteiger partial charge on any atom is 0.410 e. The van der Waals surface area contributed by atoms with Gasteiger partial charge in [-0.05, 0) is 35.9 Å². The van der Waals surface area contributed by atoms with Crippen molar-refractivity contribution in [2.24, 2.45) is 0 Å². The molecule has 0 unspecified atom stereocenters. The van der Waals surface area contributed by atoms with Gasteiger partial charge >= 0.3 is 6.18 Å². The number of aromatic nitrogens is 2. The van der Waals surface area contributed by atoms with Gasteiger partial charge in [0, 0.05) is 23.2 Å². The van der Waals surface area contributed by atoms with Crippen LogP contribution >= 0.6 is 11.6 Å². The number of nitrogens with one attached hydrogen (secondary N) is 2. The van der Waals surface area contributed by atoms with Gasteiger partial charge < -0.3 is 20.1 Å². The lowest BCUT2D eigenvalue weighted by molar-refractivity contribution is -0.173. The Hall–Kier alpha value is -3.40. The van der Waals surface area contributed by atoms with Gasteiger partial charge in [-0.1, -0.05) is 23.7 Å². The van der Waals surface area contributed by atoms with Crippen molar-refractivity contribution in [1.29, 1.82) is 0 Å². The number of alkyl halides is 3. The predicted octanol–water partition coefficient (Wildman–Crippen LogP) is 5.47. The maximum absolute atomic E-state index is 13.9. The molecule has 2 heterocycles. The maximum atomic E-state index is 13.9. The van der Waals surface area contributed by atoms with Crippen molar-refractivity contribution in [3.63, 3.8) is 0 Å². The fourth-order valence-electron chi connectivity index (χ4n) is 3.73. The highest BCUT2D eigenvalue weighted by molar-refractivity contribution is 6.30. The molecule has 2 N–H and O–H groups in total. The number of methoxy groups -OCH3 is 2. The molecule has 0 spiro atoms. The van der Waals surface area contributed by atoms with E-state index in [0.29, 0.717) is 27.8 Å². The van der Waals surface area contributed by atoms with Crippen molar-refractivity contribution in [3.05, 3.63) is 64.8 Å². The van der Waals surface area contributed by atoms with Gasteiger partial charge in [-0.15, -0.1) is 0 Å². The summed E-state index contributed by atoms with van der Waals surface area (Å²) in [6, 6.07) is 10.0. The quantitative estimate of drug-likeness (QED) is 0.506. The predicted molar refractivity (Wildman–Crippen MR) is 117 cm³/mol. The summed E-state index contributed by atoms with van der Waals surface area (Å²) < 4.78 is 53.1. The zero-order valence-electron chi connectivity index (χ0n) is 17.6. The van der Waals surface area contributed by atoms with Crippen LogP contribution in [0.25, 0.3) is 0 Å². The van der Waals surface area contributed by atoms with Crippen molar-refractivity contribution < 1.29 is 27.4 Å². The molecule has 0 fully saturated rings. The van der Waals surface area contributed by atoms with Gasteiger partial charge in [0.2, 0.25) is 0 Å². The molecule has 0 saturated carbocycles. The normalized spacial score (nSPS) is 17.6. The summed E-state index contributed by atoms with van der Waals surface area (Å²) in [6.45, 7) is 0. The highest BCUT2D eigenvalue weighted by Crippen LogP contribution is 2.44. The van der Waals surface area contributed by atoms with Crippen molar-refractivity contribution in [2.75, 3.05) is 24.9 Å². The van der Waals surface area contributed by atoms with Crippen molar-refractivity contribution >= 4 is 29.0 Å². The van der Waals surface area contributed by atoms with E-state index in [1.165, 1.54) is 26.4 Å². The molecule has 1 aromatic heterocycles. The van der Waals surface area contributed by atoms with Crippen LogP contribution in [-0.4, -0.2) is 36.1 Å². The van der Waals surface area contributed by atoms with Gasteiger partial charge in [0.25, 0.3) is 5.91 Å². The van der Waals surface area contributed by atoms with Crippen LogP contribution in [0.5, 0.6) is 11.5 Å². The van der Waals surface area contributed by atoms with E-state index in [0.717, 1.165) is 4.68 Å². The van der Waals surface area contributed by atoms with Gasteiger partial charge in [0.1, 0.15) is 5.82 Å². The number of nitrogens with zero attached hydrogens (tertiary/aromatic N) is 2. The van der Waals surface area contributed by atoms with Crippen LogP contribution in [0.15, 0.2) is 48.5 Å². The number of halogens is 4. The molecule has 0 aliphatic carbocycles. The molecule has 1 aliphatic rings.